The molecule has 2 aliphatic heterocycles. The molecule has 2 N–H and O–H groups in total. The highest BCUT2D eigenvalue weighted by Crippen LogP contribution is 2.37. The summed E-state index contributed by atoms with van der Waals surface area (Å²) in [5.41, 5.74) is 0.722. The Kier molecular flexibility index (Phi) is 6.33. The smallest absolute Gasteiger partial charge is 0.325 e. The molecule has 2 aromatic rings. The maximum Gasteiger partial charge on any atom is 0.325 e. The monoisotopic (exact) mass is 441 g/mol. The lowest BCUT2D eigenvalue weighted by molar-refractivity contribution is -0.134. The molecule has 1 aromatic heterocycles. The van der Waals surface area contributed by atoms with Crippen LogP contribution in [0.4, 0.5) is 9.18 Å². The molecule has 0 spiro atoms. The molecule has 32 heavy (non-hydrogen) atoms. The van der Waals surface area contributed by atoms with Gasteiger partial charge in [0.25, 0.3) is 5.91 Å². The standard InChI is InChI=1S/C24H32FN5O2/c1-16(2)14-30-22(31)24(28-23(30)32,12-18-5-4-6-20(25)11-18)19-7-9-29(10-8-19)15-21-26-13-17(3)27-21/h4-6,11,13,16,19H,7-10,12,14-15H2,1-3H3,(H,26,27)(H,28,32). The number of rotatable bonds is 7. The summed E-state index contributed by atoms with van der Waals surface area (Å²) < 4.78 is 13.9. The third-order valence-corrected chi connectivity index (χ3v) is 6.54. The largest absolute Gasteiger partial charge is 0.345 e. The van der Waals surface area contributed by atoms with Gasteiger partial charge in [-0.05, 0) is 62.4 Å². The molecule has 0 radical (unpaired) electrons. The summed E-state index contributed by atoms with van der Waals surface area (Å²) in [7, 11) is 0. The molecule has 3 heterocycles. The lowest BCUT2D eigenvalue weighted by Gasteiger charge is -2.41. The average Bonchev–Trinajstić information content (AvgIpc) is 3.25. The Morgan fingerprint density at radius 2 is 2.00 bits per heavy atom. The quantitative estimate of drug-likeness (QED) is 0.647. The first-order chi connectivity index (χ1) is 15.3. The SMILES string of the molecule is Cc1cnc(CN2CCC(C3(Cc4cccc(F)c4)NC(=O)N(CC(C)C)C3=O)CC2)[nH]1. The third-order valence-electron chi connectivity index (χ3n) is 6.54. The second kappa shape index (κ2) is 9.02. The number of likely N-dealkylation sites (tertiary alicyclic amines) is 1. The second-order valence-electron chi connectivity index (χ2n) is 9.58. The van der Waals surface area contributed by atoms with Gasteiger partial charge in [0.05, 0.1) is 6.54 Å². The first kappa shape index (κ1) is 22.5. The van der Waals surface area contributed by atoms with Crippen molar-refractivity contribution in [3.05, 3.63) is 53.4 Å². The number of urea groups is 1. The second-order valence-corrected chi connectivity index (χ2v) is 9.58. The number of carbonyl (C=O) groups excluding carboxylic acids is 2. The van der Waals surface area contributed by atoms with Crippen molar-refractivity contribution in [3.63, 3.8) is 0 Å². The number of halogens is 1. The number of aromatic amines is 1. The van der Waals surface area contributed by atoms with E-state index >= 15 is 0 Å². The maximum atomic E-state index is 13.9. The summed E-state index contributed by atoms with van der Waals surface area (Å²) in [5, 5.41) is 3.06. The highest BCUT2D eigenvalue weighted by Gasteiger charge is 2.55. The van der Waals surface area contributed by atoms with Crippen LogP contribution in [-0.2, 0) is 17.8 Å². The number of benzene rings is 1. The highest BCUT2D eigenvalue weighted by molar-refractivity contribution is 6.07. The normalized spacial score (nSPS) is 22.7. The predicted octanol–water partition coefficient (Wildman–Crippen LogP) is 3.26. The van der Waals surface area contributed by atoms with E-state index in [-0.39, 0.29) is 29.6 Å². The Labute approximate surface area is 188 Å². The molecule has 172 valence electrons. The maximum absolute atomic E-state index is 13.9. The molecule has 7 nitrogen and oxygen atoms in total. The van der Waals surface area contributed by atoms with Crippen LogP contribution < -0.4 is 5.32 Å². The summed E-state index contributed by atoms with van der Waals surface area (Å²) in [6.07, 6.45) is 3.67. The Morgan fingerprint density at radius 1 is 1.25 bits per heavy atom. The van der Waals surface area contributed by atoms with E-state index in [0.29, 0.717) is 13.0 Å². The number of hydrogen-bond donors (Lipinski definition) is 2. The summed E-state index contributed by atoms with van der Waals surface area (Å²) >= 11 is 0. The zero-order valence-electron chi connectivity index (χ0n) is 19.0. The van der Waals surface area contributed by atoms with Gasteiger partial charge in [0.1, 0.15) is 17.2 Å². The van der Waals surface area contributed by atoms with Crippen LogP contribution in [0, 0.1) is 24.6 Å². The molecule has 2 saturated heterocycles. The Morgan fingerprint density at radius 3 is 2.62 bits per heavy atom. The Bertz CT molecular complexity index is 982. The summed E-state index contributed by atoms with van der Waals surface area (Å²) in [5.74, 6) is 0.573. The van der Waals surface area contributed by atoms with Crippen molar-refractivity contribution in [3.8, 4) is 0 Å². The molecule has 3 amide bonds. The van der Waals surface area contributed by atoms with Crippen LogP contribution in [0.25, 0.3) is 0 Å². The van der Waals surface area contributed by atoms with Gasteiger partial charge in [-0.2, -0.15) is 0 Å². The molecule has 1 unspecified atom stereocenters. The first-order valence-corrected chi connectivity index (χ1v) is 11.4. The summed E-state index contributed by atoms with van der Waals surface area (Å²) in [6, 6.07) is 5.99. The van der Waals surface area contributed by atoms with Crippen LogP contribution in [0.15, 0.2) is 30.5 Å². The molecule has 8 heteroatoms. The predicted molar refractivity (Wildman–Crippen MR) is 119 cm³/mol. The van der Waals surface area contributed by atoms with Crippen LogP contribution in [-0.4, -0.2) is 56.9 Å². The van der Waals surface area contributed by atoms with Crippen molar-refractivity contribution in [2.24, 2.45) is 11.8 Å². The van der Waals surface area contributed by atoms with Crippen LogP contribution in [0.1, 0.15) is 43.8 Å². The van der Waals surface area contributed by atoms with E-state index < -0.39 is 5.54 Å². The molecule has 2 aliphatic rings. The number of aromatic nitrogens is 2. The molecule has 0 saturated carbocycles. The molecule has 1 atom stereocenters. The zero-order chi connectivity index (χ0) is 22.9. The highest BCUT2D eigenvalue weighted by atomic mass is 19.1. The van der Waals surface area contributed by atoms with Gasteiger partial charge in [-0.1, -0.05) is 26.0 Å². The minimum atomic E-state index is -1.03. The molecule has 4 rings (SSSR count). The van der Waals surface area contributed by atoms with Crippen LogP contribution in [0.3, 0.4) is 0 Å². The van der Waals surface area contributed by atoms with E-state index in [1.807, 2.05) is 33.0 Å². The van der Waals surface area contributed by atoms with Crippen molar-refractivity contribution in [2.45, 2.75) is 52.1 Å². The number of amides is 3. The number of imidazole rings is 1. The number of nitrogens with zero attached hydrogens (tertiary/aromatic N) is 3. The van der Waals surface area contributed by atoms with E-state index in [9.17, 15) is 14.0 Å². The van der Waals surface area contributed by atoms with Gasteiger partial charge in [0.15, 0.2) is 0 Å². The van der Waals surface area contributed by atoms with Gasteiger partial charge in [-0.3, -0.25) is 14.6 Å². The summed E-state index contributed by atoms with van der Waals surface area (Å²) in [4.78, 5) is 37.8. The van der Waals surface area contributed by atoms with Crippen molar-refractivity contribution >= 4 is 11.9 Å². The fourth-order valence-electron chi connectivity index (χ4n) is 5.03. The van der Waals surface area contributed by atoms with E-state index in [1.54, 1.807) is 6.07 Å². The number of aryl methyl sites for hydroxylation is 1. The van der Waals surface area contributed by atoms with E-state index in [4.69, 9.17) is 0 Å². The van der Waals surface area contributed by atoms with Gasteiger partial charge >= 0.3 is 6.03 Å². The van der Waals surface area contributed by atoms with Crippen LogP contribution in [0.5, 0.6) is 0 Å². The van der Waals surface area contributed by atoms with E-state index in [0.717, 1.165) is 49.6 Å². The zero-order valence-corrected chi connectivity index (χ0v) is 19.0. The van der Waals surface area contributed by atoms with Crippen molar-refractivity contribution < 1.29 is 14.0 Å². The summed E-state index contributed by atoms with van der Waals surface area (Å²) in [6.45, 7) is 8.69. The van der Waals surface area contributed by atoms with Crippen molar-refractivity contribution in [1.29, 1.82) is 0 Å². The van der Waals surface area contributed by atoms with E-state index in [2.05, 4.69) is 20.2 Å². The van der Waals surface area contributed by atoms with Crippen molar-refractivity contribution in [1.82, 2.24) is 25.1 Å². The number of nitrogens with one attached hydrogen (secondary N) is 2. The third kappa shape index (κ3) is 4.55. The number of piperidine rings is 1. The topological polar surface area (TPSA) is 81.3 Å². The molecule has 1 aromatic carbocycles. The first-order valence-electron chi connectivity index (χ1n) is 11.4. The van der Waals surface area contributed by atoms with Gasteiger partial charge in [-0.15, -0.1) is 0 Å². The lowest BCUT2D eigenvalue weighted by atomic mass is 9.74. The molecular formula is C24H32FN5O2. The fourth-order valence-corrected chi connectivity index (χ4v) is 5.03. The molecule has 2 fully saturated rings. The van der Waals surface area contributed by atoms with Gasteiger partial charge in [0, 0.05) is 24.9 Å². The van der Waals surface area contributed by atoms with E-state index in [1.165, 1.54) is 17.0 Å². The number of carbonyl (C=O) groups is 2. The van der Waals surface area contributed by atoms with Gasteiger partial charge in [-0.25, -0.2) is 14.2 Å². The lowest BCUT2D eigenvalue weighted by Crippen LogP contribution is -2.57. The minimum Gasteiger partial charge on any atom is -0.345 e. The van der Waals surface area contributed by atoms with Crippen LogP contribution in [0.2, 0.25) is 0 Å². The Balaban J connectivity index is 1.55. The Hall–Kier alpha value is -2.74. The molecular weight excluding hydrogens is 409 g/mol. The molecule has 0 aliphatic carbocycles. The molecule has 0 bridgehead atoms. The number of hydrogen-bond acceptors (Lipinski definition) is 4. The van der Waals surface area contributed by atoms with Gasteiger partial charge in [0.2, 0.25) is 0 Å². The van der Waals surface area contributed by atoms with Crippen LogP contribution >= 0.6 is 0 Å². The van der Waals surface area contributed by atoms with Crippen molar-refractivity contribution in [2.75, 3.05) is 19.6 Å². The average molecular weight is 442 g/mol. The van der Waals surface area contributed by atoms with Gasteiger partial charge < -0.3 is 10.3 Å². The minimum absolute atomic E-state index is 0.0195. The number of imide groups is 1. The fraction of sp³-hybridized carbons (Fsp3) is 0.542. The number of H-pyrrole nitrogens is 1.